The monoisotopic (exact) mass is 581 g/mol. The Morgan fingerprint density at radius 2 is 1.88 bits per heavy atom. The third-order valence-corrected chi connectivity index (χ3v) is 7.57. The molecule has 1 fully saturated rings. The molecule has 0 aliphatic carbocycles. The molecule has 4 rings (SSSR count). The zero-order valence-corrected chi connectivity index (χ0v) is 22.6. The lowest BCUT2D eigenvalue weighted by Crippen LogP contribution is -2.44. The van der Waals surface area contributed by atoms with E-state index in [1.165, 1.54) is 13.0 Å². The van der Waals surface area contributed by atoms with E-state index in [2.05, 4.69) is 5.09 Å². The third kappa shape index (κ3) is 6.33. The molecule has 0 saturated carbocycles. The highest BCUT2D eigenvalue weighted by atomic mass is 31.2. The summed E-state index contributed by atoms with van der Waals surface area (Å²) in [4.78, 5) is 37.9. The van der Waals surface area contributed by atoms with Gasteiger partial charge >= 0.3 is 19.4 Å². The number of hydrogen-bond donors (Lipinski definition) is 4. The van der Waals surface area contributed by atoms with E-state index in [9.17, 15) is 29.2 Å². The van der Waals surface area contributed by atoms with E-state index in [1.807, 2.05) is 4.98 Å². The lowest BCUT2D eigenvalue weighted by atomic mass is 10.1. The number of aromatic nitrogens is 2. The molecule has 0 spiro atoms. The van der Waals surface area contributed by atoms with Crippen LogP contribution in [-0.4, -0.2) is 62.5 Å². The second kappa shape index (κ2) is 11.6. The number of carbonyl (C=O) groups is 1. The lowest BCUT2D eigenvalue weighted by molar-refractivity contribution is -0.204. The summed E-state index contributed by atoms with van der Waals surface area (Å²) in [5.74, 6) is -3.90. The first-order valence-electron chi connectivity index (χ1n) is 12.3. The normalized spacial score (nSPS) is 25.0. The Morgan fingerprint density at radius 3 is 2.58 bits per heavy atom. The minimum atomic E-state index is -4.63. The molecule has 2 heterocycles. The van der Waals surface area contributed by atoms with Gasteiger partial charge in [0.2, 0.25) is 0 Å². The molecule has 2 aromatic carbocycles. The first kappa shape index (κ1) is 29.6. The van der Waals surface area contributed by atoms with Crippen molar-refractivity contribution in [3.63, 3.8) is 0 Å². The standard InChI is InChI=1S/C25H29FN3O10P/c1-14(2)37-23(33)15(3)28-40(35,39-18-10-6-8-16-7-4-5-9-17(16)18)36-13-25(26)21(32)20(31)22(38-25)29-12-11-19(30)27-24(29)34/h4-12,14-15,20-22,31-32H,13H2,1-3H3,(H,28,35)(H,27,30,34)/t15-,20+,21-,22+,25+,40?/m0/s1. The molecular weight excluding hydrogens is 552 g/mol. The summed E-state index contributed by atoms with van der Waals surface area (Å²) >= 11 is 0. The second-order valence-corrected chi connectivity index (χ2v) is 11.1. The van der Waals surface area contributed by atoms with Crippen molar-refractivity contribution in [2.45, 2.75) is 57.2 Å². The molecular formula is C25H29FN3O10P. The maximum absolute atomic E-state index is 15.9. The molecule has 4 N–H and O–H groups in total. The molecule has 0 radical (unpaired) electrons. The van der Waals surface area contributed by atoms with Crippen molar-refractivity contribution in [2.75, 3.05) is 6.61 Å². The van der Waals surface area contributed by atoms with Crippen LogP contribution in [-0.2, 0) is 23.4 Å². The molecule has 1 unspecified atom stereocenters. The van der Waals surface area contributed by atoms with Crippen LogP contribution < -0.4 is 20.9 Å². The quantitative estimate of drug-likeness (QED) is 0.202. The third-order valence-electron chi connectivity index (χ3n) is 5.96. The zero-order valence-electron chi connectivity index (χ0n) is 21.7. The number of fused-ring (bicyclic) bond motifs is 1. The highest BCUT2D eigenvalue weighted by Crippen LogP contribution is 2.49. The van der Waals surface area contributed by atoms with Crippen LogP contribution in [0.15, 0.2) is 64.3 Å². The predicted molar refractivity (Wildman–Crippen MR) is 139 cm³/mol. The van der Waals surface area contributed by atoms with E-state index >= 15 is 4.39 Å². The van der Waals surface area contributed by atoms with E-state index in [4.69, 9.17) is 18.5 Å². The summed E-state index contributed by atoms with van der Waals surface area (Å²) in [5.41, 5.74) is -1.77. The van der Waals surface area contributed by atoms with Gasteiger partial charge in [-0.15, -0.1) is 0 Å². The van der Waals surface area contributed by atoms with Gasteiger partial charge in [-0.25, -0.2) is 13.8 Å². The summed E-state index contributed by atoms with van der Waals surface area (Å²) in [6.07, 6.45) is -5.55. The van der Waals surface area contributed by atoms with Gasteiger partial charge in [0, 0.05) is 17.6 Å². The number of hydrogen-bond acceptors (Lipinski definition) is 10. The van der Waals surface area contributed by atoms with Crippen molar-refractivity contribution in [2.24, 2.45) is 0 Å². The van der Waals surface area contributed by atoms with E-state index in [0.29, 0.717) is 9.95 Å². The zero-order chi connectivity index (χ0) is 29.2. The Hall–Kier alpha value is -3.39. The number of carbonyl (C=O) groups excluding carboxylic acids is 1. The highest BCUT2D eigenvalue weighted by Gasteiger charge is 2.57. The Bertz CT molecular complexity index is 1540. The summed E-state index contributed by atoms with van der Waals surface area (Å²) in [6, 6.07) is 11.6. The number of ether oxygens (including phenoxy) is 2. The van der Waals surface area contributed by atoms with Gasteiger partial charge in [-0.3, -0.25) is 23.7 Å². The molecule has 3 aromatic rings. The first-order chi connectivity index (χ1) is 18.8. The van der Waals surface area contributed by atoms with Gasteiger partial charge in [0.15, 0.2) is 6.23 Å². The molecule has 1 aliphatic rings. The number of rotatable bonds is 10. The molecule has 1 aromatic heterocycles. The maximum Gasteiger partial charge on any atom is 0.459 e. The molecule has 1 aliphatic heterocycles. The van der Waals surface area contributed by atoms with Crippen LogP contribution in [0.5, 0.6) is 5.75 Å². The second-order valence-electron chi connectivity index (χ2n) is 9.42. The van der Waals surface area contributed by atoms with E-state index in [1.54, 1.807) is 50.2 Å². The number of benzene rings is 2. The molecule has 13 nitrogen and oxygen atoms in total. The van der Waals surface area contributed by atoms with Crippen molar-refractivity contribution < 1.29 is 42.5 Å². The molecule has 1 saturated heterocycles. The predicted octanol–water partition coefficient (Wildman–Crippen LogP) is 1.74. The number of H-pyrrole nitrogens is 1. The van der Waals surface area contributed by atoms with Gasteiger partial charge in [-0.2, -0.15) is 5.09 Å². The van der Waals surface area contributed by atoms with Gasteiger partial charge in [-0.1, -0.05) is 36.4 Å². The van der Waals surface area contributed by atoms with Crippen LogP contribution >= 0.6 is 7.75 Å². The molecule has 0 amide bonds. The Morgan fingerprint density at radius 1 is 1.18 bits per heavy atom. The average molecular weight is 581 g/mol. The van der Waals surface area contributed by atoms with Crippen molar-refractivity contribution in [3.05, 3.63) is 75.6 Å². The number of nitrogens with one attached hydrogen (secondary N) is 2. The smallest absolute Gasteiger partial charge is 0.459 e. The van der Waals surface area contributed by atoms with Gasteiger partial charge in [-0.05, 0) is 32.2 Å². The lowest BCUT2D eigenvalue weighted by Gasteiger charge is -2.28. The summed E-state index contributed by atoms with van der Waals surface area (Å²) < 4.78 is 51.8. The number of esters is 1. The Balaban J connectivity index is 1.61. The van der Waals surface area contributed by atoms with Gasteiger partial charge in [0.05, 0.1) is 6.10 Å². The molecule has 6 atom stereocenters. The average Bonchev–Trinajstić information content (AvgIpc) is 3.12. The number of alkyl halides is 1. The van der Waals surface area contributed by atoms with Crippen molar-refractivity contribution >= 4 is 24.5 Å². The molecule has 40 heavy (non-hydrogen) atoms. The van der Waals surface area contributed by atoms with Crippen LogP contribution in [0.3, 0.4) is 0 Å². The van der Waals surface area contributed by atoms with Crippen molar-refractivity contribution in [1.29, 1.82) is 0 Å². The highest BCUT2D eigenvalue weighted by molar-refractivity contribution is 7.52. The fourth-order valence-electron chi connectivity index (χ4n) is 4.01. The van der Waals surface area contributed by atoms with Crippen LogP contribution in [0, 0.1) is 0 Å². The van der Waals surface area contributed by atoms with Crippen LogP contribution in [0.2, 0.25) is 0 Å². The van der Waals surface area contributed by atoms with E-state index in [0.717, 1.165) is 17.6 Å². The number of halogens is 1. The number of nitrogens with zero attached hydrogens (tertiary/aromatic N) is 1. The van der Waals surface area contributed by atoms with E-state index < -0.39 is 68.0 Å². The summed E-state index contributed by atoms with van der Waals surface area (Å²) in [6.45, 7) is 3.31. The van der Waals surface area contributed by atoms with Crippen LogP contribution in [0.25, 0.3) is 10.8 Å². The largest absolute Gasteiger partial charge is 0.462 e. The SMILES string of the molecule is CC(C)OC(=O)[C@H](C)NP(=O)(OC[C@@]1(F)O[C@@H](n2ccc(=O)[nH]c2=O)[C@H](O)[C@@H]1O)Oc1cccc2ccccc12. The topological polar surface area (TPSA) is 178 Å². The molecule has 0 bridgehead atoms. The number of aliphatic hydroxyl groups excluding tert-OH is 2. The Labute approximate surface area is 227 Å². The maximum atomic E-state index is 15.9. The molecule has 15 heteroatoms. The van der Waals surface area contributed by atoms with Crippen molar-refractivity contribution in [3.8, 4) is 5.75 Å². The minimum Gasteiger partial charge on any atom is -0.462 e. The summed E-state index contributed by atoms with van der Waals surface area (Å²) in [7, 11) is -4.63. The number of aliphatic hydroxyl groups is 2. The minimum absolute atomic E-state index is 0.0804. The van der Waals surface area contributed by atoms with E-state index in [-0.39, 0.29) is 5.75 Å². The Kier molecular flexibility index (Phi) is 8.59. The first-order valence-corrected chi connectivity index (χ1v) is 13.8. The van der Waals surface area contributed by atoms with Crippen LogP contribution in [0.4, 0.5) is 4.39 Å². The fourth-order valence-corrected chi connectivity index (χ4v) is 5.54. The summed E-state index contributed by atoms with van der Waals surface area (Å²) in [5, 5.41) is 24.6. The van der Waals surface area contributed by atoms with Crippen molar-refractivity contribution in [1.82, 2.24) is 14.6 Å². The van der Waals surface area contributed by atoms with Gasteiger partial charge in [0.1, 0.15) is 30.6 Å². The molecule has 216 valence electrons. The van der Waals surface area contributed by atoms with Gasteiger partial charge in [0.25, 0.3) is 11.4 Å². The fraction of sp³-hybridized carbons (Fsp3) is 0.400. The number of aromatic amines is 1. The van der Waals surface area contributed by atoms with Gasteiger partial charge < -0.3 is 24.2 Å². The van der Waals surface area contributed by atoms with Crippen LogP contribution in [0.1, 0.15) is 27.0 Å².